The summed E-state index contributed by atoms with van der Waals surface area (Å²) in [6, 6.07) is 9.14. The molecule has 0 bridgehead atoms. The van der Waals surface area contributed by atoms with E-state index in [2.05, 4.69) is 35.7 Å². The molecule has 0 saturated heterocycles. The normalized spacial score (nSPS) is 10.8. The Hall–Kier alpha value is -5.18. The Bertz CT molecular complexity index is 1580. The fraction of sp³-hybridized carbons (Fsp3) is 0.130. The van der Waals surface area contributed by atoms with E-state index in [0.717, 1.165) is 11.1 Å². The third-order valence-corrected chi connectivity index (χ3v) is 5.06. The third-order valence-electron chi connectivity index (χ3n) is 5.06. The van der Waals surface area contributed by atoms with Gasteiger partial charge in [-0.25, -0.2) is 24.9 Å². The van der Waals surface area contributed by atoms with Crippen LogP contribution < -0.4 is 10.6 Å². The highest BCUT2D eigenvalue weighted by molar-refractivity contribution is 5.92. The zero-order valence-corrected chi connectivity index (χ0v) is 18.8. The average Bonchev–Trinajstić information content (AvgIpc) is 3.41. The molecule has 12 heteroatoms. The average molecular weight is 465 g/mol. The van der Waals surface area contributed by atoms with Gasteiger partial charge in [0.15, 0.2) is 11.6 Å². The van der Waals surface area contributed by atoms with Crippen LogP contribution in [0, 0.1) is 18.3 Å². The fourth-order valence-electron chi connectivity index (χ4n) is 3.61. The first-order valence-corrected chi connectivity index (χ1v) is 10.6. The van der Waals surface area contributed by atoms with E-state index in [1.807, 2.05) is 48.1 Å². The van der Waals surface area contributed by atoms with Gasteiger partial charge < -0.3 is 10.6 Å². The summed E-state index contributed by atoms with van der Waals surface area (Å²) in [5.74, 6) is 1.42. The van der Waals surface area contributed by atoms with E-state index in [-0.39, 0.29) is 6.42 Å². The number of nitrogens with zero attached hydrogens (tertiary/aromatic N) is 9. The first kappa shape index (κ1) is 21.7. The molecule has 5 heterocycles. The van der Waals surface area contributed by atoms with Gasteiger partial charge in [-0.2, -0.15) is 10.4 Å². The number of hydrogen-bond acceptors (Lipinski definition) is 9. The number of carbonyl (C=O) groups excluding carboxylic acids is 1. The number of carbonyl (C=O) groups is 1. The van der Waals surface area contributed by atoms with Crippen molar-refractivity contribution < 1.29 is 4.79 Å². The Labute approximate surface area is 199 Å². The van der Waals surface area contributed by atoms with Crippen molar-refractivity contribution >= 4 is 29.0 Å². The van der Waals surface area contributed by atoms with Gasteiger partial charge >= 0.3 is 0 Å². The fourth-order valence-corrected chi connectivity index (χ4v) is 3.61. The quantitative estimate of drug-likeness (QED) is 0.385. The van der Waals surface area contributed by atoms with Gasteiger partial charge in [-0.1, -0.05) is 0 Å². The van der Waals surface area contributed by atoms with Gasteiger partial charge in [-0.15, -0.1) is 0 Å². The summed E-state index contributed by atoms with van der Waals surface area (Å²) in [4.78, 5) is 33.9. The van der Waals surface area contributed by atoms with Crippen LogP contribution in [0.1, 0.15) is 12.2 Å². The van der Waals surface area contributed by atoms with Crippen molar-refractivity contribution in [1.29, 1.82) is 5.26 Å². The monoisotopic (exact) mass is 465 g/mol. The second kappa shape index (κ2) is 8.99. The van der Waals surface area contributed by atoms with Crippen LogP contribution in [0.4, 0.5) is 17.5 Å². The lowest BCUT2D eigenvalue weighted by Gasteiger charge is -2.10. The molecular formula is C23H19N11O. The zero-order chi connectivity index (χ0) is 24.4. The minimum atomic E-state index is -0.451. The van der Waals surface area contributed by atoms with Gasteiger partial charge in [0.25, 0.3) is 0 Å². The first-order chi connectivity index (χ1) is 17.0. The Morgan fingerprint density at radius 2 is 1.91 bits per heavy atom. The lowest BCUT2D eigenvalue weighted by Crippen LogP contribution is -2.12. The third kappa shape index (κ3) is 4.51. The van der Waals surface area contributed by atoms with E-state index >= 15 is 0 Å². The number of rotatable bonds is 6. The van der Waals surface area contributed by atoms with E-state index in [9.17, 15) is 4.79 Å². The molecule has 0 atom stereocenters. The minimum absolute atomic E-state index is 0.275. The number of anilines is 3. The maximum absolute atomic E-state index is 12.0. The minimum Gasteiger partial charge on any atom is -0.322 e. The molecule has 0 spiro atoms. The standard InChI is InChI=1S/C23H19N11O/c1-14-27-17(9-19(28-14)29-21(35)5-7-24)22-23(30-18-6-8-33(2)32-18)31-20-4-3-15(12-34(20)22)16-10-25-13-26-11-16/h3-4,6,8-13H,5H2,1-2H3,(H,30,32)(H,27,28,29,35). The summed E-state index contributed by atoms with van der Waals surface area (Å²) in [5.41, 5.74) is 3.57. The lowest BCUT2D eigenvalue weighted by atomic mass is 10.1. The Balaban J connectivity index is 1.68. The van der Waals surface area contributed by atoms with Crippen molar-refractivity contribution in [2.45, 2.75) is 13.3 Å². The van der Waals surface area contributed by atoms with Crippen LogP contribution in [-0.4, -0.2) is 45.0 Å². The maximum atomic E-state index is 12.0. The van der Waals surface area contributed by atoms with Crippen LogP contribution in [-0.2, 0) is 11.8 Å². The van der Waals surface area contributed by atoms with Gasteiger partial charge in [0.05, 0.1) is 11.8 Å². The second-order valence-electron chi connectivity index (χ2n) is 7.65. The summed E-state index contributed by atoms with van der Waals surface area (Å²) in [6.07, 6.45) is 8.41. The van der Waals surface area contributed by atoms with E-state index < -0.39 is 5.91 Å². The van der Waals surface area contributed by atoms with Crippen molar-refractivity contribution in [2.75, 3.05) is 10.6 Å². The molecule has 5 rings (SSSR count). The number of pyridine rings is 1. The Kier molecular flexibility index (Phi) is 5.56. The van der Waals surface area contributed by atoms with Crippen molar-refractivity contribution in [3.8, 4) is 28.6 Å². The Morgan fingerprint density at radius 3 is 2.66 bits per heavy atom. The van der Waals surface area contributed by atoms with Crippen LogP contribution in [0.3, 0.4) is 0 Å². The number of aryl methyl sites for hydroxylation is 2. The molecule has 5 aromatic heterocycles. The second-order valence-corrected chi connectivity index (χ2v) is 7.65. The van der Waals surface area contributed by atoms with Gasteiger partial charge in [0.1, 0.15) is 35.7 Å². The SMILES string of the molecule is Cc1nc(NC(=O)CC#N)cc(-c2c(Nc3ccn(C)n3)nc3ccc(-c4cncnc4)cn23)n1. The molecule has 0 unspecified atom stereocenters. The molecule has 35 heavy (non-hydrogen) atoms. The summed E-state index contributed by atoms with van der Waals surface area (Å²) >= 11 is 0. The molecule has 0 aliphatic carbocycles. The maximum Gasteiger partial charge on any atom is 0.239 e. The molecular weight excluding hydrogens is 446 g/mol. The highest BCUT2D eigenvalue weighted by atomic mass is 16.1. The van der Waals surface area contributed by atoms with Crippen LogP contribution in [0.15, 0.2) is 55.4 Å². The highest BCUT2D eigenvalue weighted by Crippen LogP contribution is 2.32. The van der Waals surface area contributed by atoms with Crippen molar-refractivity contribution in [2.24, 2.45) is 7.05 Å². The Morgan fingerprint density at radius 1 is 1.09 bits per heavy atom. The number of nitriles is 1. The summed E-state index contributed by atoms with van der Waals surface area (Å²) in [5, 5.41) is 19.1. The smallest absolute Gasteiger partial charge is 0.239 e. The summed E-state index contributed by atoms with van der Waals surface area (Å²) in [6.45, 7) is 1.73. The van der Waals surface area contributed by atoms with Crippen LogP contribution >= 0.6 is 0 Å². The van der Waals surface area contributed by atoms with Crippen molar-refractivity contribution in [3.63, 3.8) is 0 Å². The number of amides is 1. The topological polar surface area (TPSA) is 152 Å². The van der Waals surface area contributed by atoms with Crippen molar-refractivity contribution in [3.05, 3.63) is 61.2 Å². The molecule has 0 aromatic carbocycles. The largest absolute Gasteiger partial charge is 0.322 e. The molecule has 5 aromatic rings. The predicted octanol–water partition coefficient (Wildman–Crippen LogP) is 2.89. The number of aromatic nitrogens is 8. The number of hydrogen-bond donors (Lipinski definition) is 2. The molecule has 12 nitrogen and oxygen atoms in total. The number of nitrogens with one attached hydrogen (secondary N) is 2. The number of imidazole rings is 1. The summed E-state index contributed by atoms with van der Waals surface area (Å²) < 4.78 is 3.58. The van der Waals surface area contributed by atoms with Gasteiger partial charge in [0, 0.05) is 55.1 Å². The molecule has 0 aliphatic heterocycles. The molecule has 172 valence electrons. The highest BCUT2D eigenvalue weighted by Gasteiger charge is 2.19. The molecule has 2 N–H and O–H groups in total. The molecule has 1 amide bonds. The van der Waals surface area contributed by atoms with Gasteiger partial charge in [-0.3, -0.25) is 13.9 Å². The van der Waals surface area contributed by atoms with Gasteiger partial charge in [-0.05, 0) is 19.1 Å². The van der Waals surface area contributed by atoms with E-state index in [1.165, 1.54) is 6.33 Å². The molecule has 0 fully saturated rings. The van der Waals surface area contributed by atoms with Crippen LogP contribution in [0.25, 0.3) is 28.2 Å². The zero-order valence-electron chi connectivity index (χ0n) is 18.8. The molecule has 0 aliphatic rings. The lowest BCUT2D eigenvalue weighted by molar-refractivity contribution is -0.115. The van der Waals surface area contributed by atoms with E-state index in [0.29, 0.717) is 40.3 Å². The summed E-state index contributed by atoms with van der Waals surface area (Å²) in [7, 11) is 1.83. The van der Waals surface area contributed by atoms with E-state index in [1.54, 1.807) is 30.1 Å². The van der Waals surface area contributed by atoms with E-state index in [4.69, 9.17) is 10.2 Å². The molecule has 0 saturated carbocycles. The van der Waals surface area contributed by atoms with Gasteiger partial charge in [0.2, 0.25) is 5.91 Å². The number of fused-ring (bicyclic) bond motifs is 1. The van der Waals surface area contributed by atoms with Crippen LogP contribution in [0.2, 0.25) is 0 Å². The predicted molar refractivity (Wildman–Crippen MR) is 127 cm³/mol. The van der Waals surface area contributed by atoms with Crippen molar-refractivity contribution in [1.82, 2.24) is 39.1 Å². The van der Waals surface area contributed by atoms with Crippen LogP contribution in [0.5, 0.6) is 0 Å². The first-order valence-electron chi connectivity index (χ1n) is 10.6. The molecule has 0 radical (unpaired) electrons.